The molecule has 3 fully saturated rings. The number of amides is 2. The van der Waals surface area contributed by atoms with Crippen molar-refractivity contribution in [3.05, 3.63) is 32.6 Å². The van der Waals surface area contributed by atoms with Crippen molar-refractivity contribution in [3.63, 3.8) is 0 Å². The molecule has 146 valence electrons. The molecule has 0 radical (unpaired) electrons. The molecule has 0 unspecified atom stereocenters. The molecule has 0 bridgehead atoms. The van der Waals surface area contributed by atoms with Crippen LogP contribution >= 0.6 is 0 Å². The molecule has 3 aliphatic rings. The zero-order valence-electron chi connectivity index (χ0n) is 15.7. The second-order valence-electron chi connectivity index (χ2n) is 8.42. The lowest BCUT2D eigenvalue weighted by molar-refractivity contribution is -0.139. The molecule has 4 rings (SSSR count). The average molecular weight is 374 g/mol. The van der Waals surface area contributed by atoms with Gasteiger partial charge in [-0.1, -0.05) is 0 Å². The van der Waals surface area contributed by atoms with Crippen LogP contribution in [0.2, 0.25) is 0 Å². The minimum absolute atomic E-state index is 0.00207. The first-order valence-electron chi connectivity index (χ1n) is 9.74. The van der Waals surface area contributed by atoms with Gasteiger partial charge in [0.2, 0.25) is 5.91 Å². The third-order valence-corrected chi connectivity index (χ3v) is 6.37. The van der Waals surface area contributed by atoms with Gasteiger partial charge in [-0.25, -0.2) is 4.79 Å². The lowest BCUT2D eigenvalue weighted by atomic mass is 9.72. The number of carbonyl (C=O) groups excluding carboxylic acids is 2. The average Bonchev–Trinajstić information content (AvgIpc) is 3.46. The van der Waals surface area contributed by atoms with E-state index in [0.29, 0.717) is 25.4 Å². The van der Waals surface area contributed by atoms with Gasteiger partial charge in [0, 0.05) is 45.8 Å². The van der Waals surface area contributed by atoms with Crippen molar-refractivity contribution in [3.8, 4) is 0 Å². The summed E-state index contributed by atoms with van der Waals surface area (Å²) in [6.07, 6.45) is 6.94. The van der Waals surface area contributed by atoms with Crippen LogP contribution in [-0.2, 0) is 11.8 Å². The lowest BCUT2D eigenvalue weighted by Gasteiger charge is -2.47. The van der Waals surface area contributed by atoms with E-state index in [1.165, 1.54) is 30.7 Å². The summed E-state index contributed by atoms with van der Waals surface area (Å²) in [5, 5.41) is 0. The summed E-state index contributed by atoms with van der Waals surface area (Å²) in [6.45, 7) is 2.83. The summed E-state index contributed by atoms with van der Waals surface area (Å²) in [5.74, 6) is 0.619. The minimum Gasteiger partial charge on any atom is -0.342 e. The number of piperidine rings is 2. The fourth-order valence-electron chi connectivity index (χ4n) is 4.36. The van der Waals surface area contributed by atoms with Crippen molar-refractivity contribution < 1.29 is 9.59 Å². The van der Waals surface area contributed by atoms with Crippen LogP contribution in [0.3, 0.4) is 0 Å². The maximum atomic E-state index is 12.8. The molecule has 8 nitrogen and oxygen atoms in total. The van der Waals surface area contributed by atoms with E-state index in [4.69, 9.17) is 0 Å². The first-order valence-corrected chi connectivity index (χ1v) is 9.74. The third-order valence-electron chi connectivity index (χ3n) is 6.37. The van der Waals surface area contributed by atoms with E-state index in [-0.39, 0.29) is 22.8 Å². The molecule has 0 aromatic carbocycles. The molecule has 1 aromatic heterocycles. The Bertz CT molecular complexity index is 874. The van der Waals surface area contributed by atoms with Gasteiger partial charge >= 0.3 is 5.69 Å². The van der Waals surface area contributed by atoms with Gasteiger partial charge in [0.1, 0.15) is 5.56 Å². The molecule has 2 saturated heterocycles. The van der Waals surface area contributed by atoms with E-state index in [2.05, 4.69) is 4.98 Å². The summed E-state index contributed by atoms with van der Waals surface area (Å²) >= 11 is 0. The molecule has 27 heavy (non-hydrogen) atoms. The molecule has 8 heteroatoms. The van der Waals surface area contributed by atoms with Gasteiger partial charge in [-0.3, -0.25) is 19.4 Å². The molecule has 1 saturated carbocycles. The first kappa shape index (κ1) is 18.0. The second-order valence-corrected chi connectivity index (χ2v) is 8.42. The van der Waals surface area contributed by atoms with Crippen molar-refractivity contribution in [1.29, 1.82) is 0 Å². The van der Waals surface area contributed by atoms with Crippen LogP contribution in [0.5, 0.6) is 0 Å². The van der Waals surface area contributed by atoms with Crippen molar-refractivity contribution in [2.45, 2.75) is 38.5 Å². The van der Waals surface area contributed by atoms with E-state index < -0.39 is 11.2 Å². The smallest absolute Gasteiger partial charge is 0.328 e. The number of nitrogens with zero attached hydrogens (tertiary/aromatic N) is 3. The largest absolute Gasteiger partial charge is 0.342 e. The van der Waals surface area contributed by atoms with Gasteiger partial charge in [0.15, 0.2) is 0 Å². The van der Waals surface area contributed by atoms with Crippen LogP contribution < -0.4 is 11.2 Å². The topological polar surface area (TPSA) is 95.5 Å². The van der Waals surface area contributed by atoms with E-state index in [1.54, 1.807) is 4.90 Å². The van der Waals surface area contributed by atoms with Crippen LogP contribution in [0.4, 0.5) is 0 Å². The molecule has 1 spiro atoms. The van der Waals surface area contributed by atoms with E-state index in [0.717, 1.165) is 32.4 Å². The van der Waals surface area contributed by atoms with Gasteiger partial charge in [-0.05, 0) is 43.4 Å². The number of carbonyl (C=O) groups is 2. The lowest BCUT2D eigenvalue weighted by Crippen LogP contribution is -2.53. The van der Waals surface area contributed by atoms with Gasteiger partial charge < -0.3 is 14.4 Å². The quantitative estimate of drug-likeness (QED) is 0.825. The number of rotatable bonds is 3. The van der Waals surface area contributed by atoms with Crippen LogP contribution in [0.15, 0.2) is 15.8 Å². The molecule has 2 aliphatic heterocycles. The van der Waals surface area contributed by atoms with Crippen LogP contribution in [0, 0.1) is 11.3 Å². The zero-order chi connectivity index (χ0) is 19.2. The Kier molecular flexibility index (Phi) is 4.44. The number of nitrogens with one attached hydrogen (secondary N) is 1. The van der Waals surface area contributed by atoms with Crippen molar-refractivity contribution in [1.82, 2.24) is 19.4 Å². The van der Waals surface area contributed by atoms with Gasteiger partial charge in [-0.15, -0.1) is 0 Å². The highest BCUT2D eigenvalue weighted by molar-refractivity contribution is 5.93. The van der Waals surface area contributed by atoms with Crippen molar-refractivity contribution in [2.75, 3.05) is 26.2 Å². The molecular weight excluding hydrogens is 348 g/mol. The van der Waals surface area contributed by atoms with Gasteiger partial charge in [-0.2, -0.15) is 0 Å². The number of aromatic amines is 1. The highest BCUT2D eigenvalue weighted by Crippen LogP contribution is 2.41. The maximum Gasteiger partial charge on any atom is 0.328 e. The maximum absolute atomic E-state index is 12.8. The number of hydrogen-bond donors (Lipinski definition) is 1. The Balaban J connectivity index is 1.43. The standard InChI is InChI=1S/C19H26N4O4/c1-21-11-14(16(25)20-18(21)27)17(26)22-8-6-19(7-9-22)5-4-15(24)23(12-19)10-13-2-3-13/h11,13H,2-10,12H2,1H3,(H,20,25,27). The second kappa shape index (κ2) is 6.65. The number of H-pyrrole nitrogens is 1. The van der Waals surface area contributed by atoms with Gasteiger partial charge in [0.05, 0.1) is 0 Å². The number of aryl methyl sites for hydroxylation is 1. The molecule has 1 aromatic rings. The Morgan fingerprint density at radius 2 is 1.89 bits per heavy atom. The van der Waals surface area contributed by atoms with Crippen molar-refractivity contribution >= 4 is 11.8 Å². The van der Waals surface area contributed by atoms with E-state index in [1.807, 2.05) is 4.90 Å². The third kappa shape index (κ3) is 3.57. The fraction of sp³-hybridized carbons (Fsp3) is 0.684. The van der Waals surface area contributed by atoms with Crippen LogP contribution in [-0.4, -0.2) is 57.3 Å². The SMILES string of the molecule is Cn1cc(C(=O)N2CCC3(CCC(=O)N(CC4CC4)C3)CC2)c(=O)[nH]c1=O. The Morgan fingerprint density at radius 1 is 1.19 bits per heavy atom. The highest BCUT2D eigenvalue weighted by Gasteiger charge is 2.43. The minimum atomic E-state index is -0.637. The molecule has 3 heterocycles. The summed E-state index contributed by atoms with van der Waals surface area (Å²) in [5.41, 5.74) is -1.07. The molecule has 1 aliphatic carbocycles. The summed E-state index contributed by atoms with van der Waals surface area (Å²) in [7, 11) is 1.51. The summed E-state index contributed by atoms with van der Waals surface area (Å²) in [6, 6.07) is 0. The van der Waals surface area contributed by atoms with Gasteiger partial charge in [0.25, 0.3) is 11.5 Å². The zero-order valence-corrected chi connectivity index (χ0v) is 15.7. The highest BCUT2D eigenvalue weighted by atomic mass is 16.2. The predicted molar refractivity (Wildman–Crippen MR) is 98.4 cm³/mol. The number of hydrogen-bond acceptors (Lipinski definition) is 4. The Morgan fingerprint density at radius 3 is 2.56 bits per heavy atom. The molecular formula is C19H26N4O4. The monoisotopic (exact) mass is 374 g/mol. The van der Waals surface area contributed by atoms with Crippen LogP contribution in [0.1, 0.15) is 48.9 Å². The summed E-state index contributed by atoms with van der Waals surface area (Å²) < 4.78 is 1.21. The number of likely N-dealkylation sites (tertiary alicyclic amines) is 2. The molecule has 0 atom stereocenters. The van der Waals surface area contributed by atoms with Crippen molar-refractivity contribution in [2.24, 2.45) is 18.4 Å². The molecule has 2 amide bonds. The van der Waals surface area contributed by atoms with E-state index >= 15 is 0 Å². The summed E-state index contributed by atoms with van der Waals surface area (Å²) in [4.78, 5) is 54.4. The first-order chi connectivity index (χ1) is 12.9. The van der Waals surface area contributed by atoms with E-state index in [9.17, 15) is 19.2 Å². The normalized spacial score (nSPS) is 22.3. The fourth-order valence-corrected chi connectivity index (χ4v) is 4.36. The Hall–Kier alpha value is -2.38. The number of aromatic nitrogens is 2. The molecule has 1 N–H and O–H groups in total. The Labute approximate surface area is 157 Å². The predicted octanol–water partition coefficient (Wildman–Crippen LogP) is 0.328. The van der Waals surface area contributed by atoms with Crippen LogP contribution in [0.25, 0.3) is 0 Å².